The van der Waals surface area contributed by atoms with Gasteiger partial charge in [-0.15, -0.1) is 0 Å². The number of carbonyl (C=O) groups excluding carboxylic acids is 1. The lowest BCUT2D eigenvalue weighted by molar-refractivity contribution is -0.154. The van der Waals surface area contributed by atoms with Crippen LogP contribution in [0.3, 0.4) is 0 Å². The number of nitrogens with zero attached hydrogens (tertiary/aromatic N) is 3. The molecule has 1 aromatic carbocycles. The van der Waals surface area contributed by atoms with E-state index in [2.05, 4.69) is 25.5 Å². The first kappa shape index (κ1) is 21.2. The average Bonchev–Trinajstić information content (AvgIpc) is 3.15. The van der Waals surface area contributed by atoms with E-state index in [0.29, 0.717) is 16.6 Å². The molecule has 3 N–H and O–H groups in total. The van der Waals surface area contributed by atoms with Gasteiger partial charge in [-0.05, 0) is 36.8 Å². The van der Waals surface area contributed by atoms with Crippen molar-refractivity contribution in [2.75, 3.05) is 5.32 Å². The van der Waals surface area contributed by atoms with E-state index in [4.69, 9.17) is 0 Å². The maximum Gasteiger partial charge on any atom is 0.412 e. The number of urea groups is 1. The fourth-order valence-electron chi connectivity index (χ4n) is 3.19. The second-order valence-corrected chi connectivity index (χ2v) is 7.00. The normalized spacial score (nSPS) is 12.5. The quantitative estimate of drug-likeness (QED) is 0.391. The fraction of sp³-hybridized carbons (Fsp3) is 0.143. The van der Waals surface area contributed by atoms with E-state index in [9.17, 15) is 22.4 Å². The van der Waals surface area contributed by atoms with Crippen molar-refractivity contribution in [3.63, 3.8) is 0 Å². The Morgan fingerprint density at radius 2 is 1.84 bits per heavy atom. The minimum atomic E-state index is -4.78. The molecule has 3 aromatic heterocycles. The van der Waals surface area contributed by atoms with E-state index in [-0.39, 0.29) is 11.4 Å². The minimum Gasteiger partial charge on any atom is -0.322 e. The SMILES string of the molecule is Cc1cc(-c2n[nH]c3cc(NC(=O)NC(c4ccc(F)cc4)C(F)(F)F)ncc23)ccn1. The molecule has 0 aliphatic carbocycles. The number of amides is 2. The van der Waals surface area contributed by atoms with Gasteiger partial charge in [0.15, 0.2) is 6.04 Å². The van der Waals surface area contributed by atoms with E-state index in [1.807, 2.05) is 18.3 Å². The number of anilines is 1. The second kappa shape index (κ2) is 8.25. The highest BCUT2D eigenvalue weighted by atomic mass is 19.4. The largest absolute Gasteiger partial charge is 0.412 e. The zero-order valence-electron chi connectivity index (χ0n) is 16.5. The highest BCUT2D eigenvalue weighted by Crippen LogP contribution is 2.33. The van der Waals surface area contributed by atoms with Crippen LogP contribution in [-0.2, 0) is 0 Å². The summed E-state index contributed by atoms with van der Waals surface area (Å²) >= 11 is 0. The highest BCUT2D eigenvalue weighted by Gasteiger charge is 2.42. The van der Waals surface area contributed by atoms with Crippen molar-refractivity contribution in [2.24, 2.45) is 0 Å². The summed E-state index contributed by atoms with van der Waals surface area (Å²) < 4.78 is 53.4. The van der Waals surface area contributed by atoms with Gasteiger partial charge in [0.2, 0.25) is 0 Å². The Kier molecular flexibility index (Phi) is 5.47. The predicted molar refractivity (Wildman–Crippen MR) is 109 cm³/mol. The number of hydrogen-bond acceptors (Lipinski definition) is 4. The van der Waals surface area contributed by atoms with E-state index < -0.39 is 24.1 Å². The maximum atomic E-state index is 13.4. The first-order valence-corrected chi connectivity index (χ1v) is 9.37. The van der Waals surface area contributed by atoms with Crippen LogP contribution >= 0.6 is 0 Å². The van der Waals surface area contributed by atoms with Crippen LogP contribution in [0.15, 0.2) is 54.9 Å². The van der Waals surface area contributed by atoms with Gasteiger partial charge in [-0.1, -0.05) is 12.1 Å². The number of H-pyrrole nitrogens is 1. The molecule has 0 aliphatic rings. The van der Waals surface area contributed by atoms with E-state index in [0.717, 1.165) is 35.5 Å². The summed E-state index contributed by atoms with van der Waals surface area (Å²) in [5.74, 6) is -0.659. The Bertz CT molecular complexity index is 1270. The Morgan fingerprint density at radius 3 is 2.53 bits per heavy atom. The van der Waals surface area contributed by atoms with Crippen LogP contribution in [0.25, 0.3) is 22.2 Å². The van der Waals surface area contributed by atoms with E-state index >= 15 is 0 Å². The summed E-state index contributed by atoms with van der Waals surface area (Å²) in [6.07, 6.45) is -1.68. The third-order valence-electron chi connectivity index (χ3n) is 4.67. The second-order valence-electron chi connectivity index (χ2n) is 7.00. The Morgan fingerprint density at radius 1 is 1.09 bits per heavy atom. The molecule has 0 saturated heterocycles. The molecule has 0 fully saturated rings. The van der Waals surface area contributed by atoms with Gasteiger partial charge in [0, 0.05) is 35.1 Å². The minimum absolute atomic E-state index is 0.0242. The summed E-state index contributed by atoms with van der Waals surface area (Å²) in [5.41, 5.74) is 2.48. The molecule has 0 radical (unpaired) electrons. The van der Waals surface area contributed by atoms with E-state index in [1.54, 1.807) is 12.3 Å². The first-order valence-electron chi connectivity index (χ1n) is 9.37. The molecule has 0 aliphatic heterocycles. The van der Waals surface area contributed by atoms with Crippen LogP contribution in [0.1, 0.15) is 17.3 Å². The van der Waals surface area contributed by atoms with Crippen LogP contribution in [0, 0.1) is 12.7 Å². The van der Waals surface area contributed by atoms with Crippen molar-refractivity contribution in [1.82, 2.24) is 25.5 Å². The van der Waals surface area contributed by atoms with Crippen molar-refractivity contribution in [2.45, 2.75) is 19.1 Å². The number of rotatable bonds is 4. The number of aromatic amines is 1. The number of pyridine rings is 2. The summed E-state index contributed by atoms with van der Waals surface area (Å²) in [6, 6.07) is 5.37. The summed E-state index contributed by atoms with van der Waals surface area (Å²) in [6.45, 7) is 1.84. The number of benzene rings is 1. The molecule has 0 saturated carbocycles. The third-order valence-corrected chi connectivity index (χ3v) is 4.67. The number of halogens is 4. The molecule has 4 aromatic rings. The van der Waals surface area contributed by atoms with Gasteiger partial charge < -0.3 is 5.32 Å². The van der Waals surface area contributed by atoms with Gasteiger partial charge >= 0.3 is 12.2 Å². The first-order chi connectivity index (χ1) is 15.2. The monoisotopic (exact) mass is 444 g/mol. The number of aryl methyl sites for hydroxylation is 1. The standard InChI is InChI=1S/C21H16F4N6O/c1-11-8-13(6-7-26-11)18-15-10-27-17(9-16(15)30-31-18)28-20(32)29-19(21(23,24)25)12-2-4-14(22)5-3-12/h2-10,19H,1H3,(H,30,31)(H2,27,28,29,32). The zero-order valence-corrected chi connectivity index (χ0v) is 16.5. The molecule has 3 heterocycles. The molecule has 4 rings (SSSR count). The van der Waals surface area contributed by atoms with Gasteiger partial charge in [0.1, 0.15) is 17.3 Å². The number of nitrogens with one attached hydrogen (secondary N) is 3. The van der Waals surface area contributed by atoms with Crippen molar-refractivity contribution in [3.8, 4) is 11.3 Å². The smallest absolute Gasteiger partial charge is 0.322 e. The summed E-state index contributed by atoms with van der Waals surface area (Å²) in [5, 5.41) is 11.9. The van der Waals surface area contributed by atoms with Crippen molar-refractivity contribution in [3.05, 3.63) is 71.9 Å². The molecule has 32 heavy (non-hydrogen) atoms. The van der Waals surface area contributed by atoms with Gasteiger partial charge in [0.25, 0.3) is 0 Å². The summed E-state index contributed by atoms with van der Waals surface area (Å²) in [7, 11) is 0. The Hall–Kier alpha value is -4.02. The molecule has 2 amide bonds. The molecule has 1 atom stereocenters. The molecule has 11 heteroatoms. The predicted octanol–water partition coefficient (Wildman–Crippen LogP) is 4.89. The highest BCUT2D eigenvalue weighted by molar-refractivity contribution is 5.95. The zero-order chi connectivity index (χ0) is 22.9. The Labute approximate surface area is 178 Å². The van der Waals surface area contributed by atoms with Crippen LogP contribution in [-0.4, -0.2) is 32.4 Å². The molecule has 0 spiro atoms. The average molecular weight is 444 g/mol. The number of fused-ring (bicyclic) bond motifs is 1. The van der Waals surface area contributed by atoms with Gasteiger partial charge in [0.05, 0.1) is 5.52 Å². The Balaban J connectivity index is 1.53. The lowest BCUT2D eigenvalue weighted by Crippen LogP contribution is -2.40. The number of carbonyl (C=O) groups is 1. The number of hydrogen-bond donors (Lipinski definition) is 3. The number of alkyl halides is 3. The van der Waals surface area contributed by atoms with Gasteiger partial charge in [-0.2, -0.15) is 18.3 Å². The van der Waals surface area contributed by atoms with E-state index in [1.165, 1.54) is 12.3 Å². The lowest BCUT2D eigenvalue weighted by Gasteiger charge is -2.22. The van der Waals surface area contributed by atoms with Gasteiger partial charge in [-0.25, -0.2) is 14.2 Å². The van der Waals surface area contributed by atoms with Crippen LogP contribution < -0.4 is 10.6 Å². The van der Waals surface area contributed by atoms with Crippen LogP contribution in [0.4, 0.5) is 28.2 Å². The maximum absolute atomic E-state index is 13.4. The number of aromatic nitrogens is 4. The van der Waals surface area contributed by atoms with Crippen molar-refractivity contribution >= 4 is 22.8 Å². The molecule has 1 unspecified atom stereocenters. The molecule has 7 nitrogen and oxygen atoms in total. The molecular formula is C21H16F4N6O. The molecular weight excluding hydrogens is 428 g/mol. The fourth-order valence-corrected chi connectivity index (χ4v) is 3.19. The third kappa shape index (κ3) is 4.51. The topological polar surface area (TPSA) is 95.6 Å². The molecule has 0 bridgehead atoms. The lowest BCUT2D eigenvalue weighted by atomic mass is 10.1. The van der Waals surface area contributed by atoms with Crippen molar-refractivity contribution < 1.29 is 22.4 Å². The summed E-state index contributed by atoms with van der Waals surface area (Å²) in [4.78, 5) is 20.5. The van der Waals surface area contributed by atoms with Crippen molar-refractivity contribution in [1.29, 1.82) is 0 Å². The van der Waals surface area contributed by atoms with Gasteiger partial charge in [-0.3, -0.25) is 15.4 Å². The van der Waals surface area contributed by atoms with Crippen LogP contribution in [0.2, 0.25) is 0 Å². The molecule has 164 valence electrons. The van der Waals surface area contributed by atoms with Crippen LogP contribution in [0.5, 0.6) is 0 Å².